The summed E-state index contributed by atoms with van der Waals surface area (Å²) in [6, 6.07) is 15.3. The molecule has 0 heterocycles. The van der Waals surface area contributed by atoms with Gasteiger partial charge in [0.15, 0.2) is 6.10 Å². The number of carbonyl (C=O) groups is 3. The van der Waals surface area contributed by atoms with E-state index in [-0.39, 0.29) is 24.8 Å². The van der Waals surface area contributed by atoms with Crippen molar-refractivity contribution >= 4 is 29.5 Å². The second-order valence-electron chi connectivity index (χ2n) is 7.24. The smallest absolute Gasteiger partial charge is 0.308 e. The minimum atomic E-state index is -0.917. The molecule has 0 fully saturated rings. The third-order valence-electron chi connectivity index (χ3n) is 4.90. The SMILES string of the molecule is C[C@H](OC(=O)CCNC(=O)/C=C/c1ccccc1)C(=O)Nc1ccc2c(c1)CCC2. The van der Waals surface area contributed by atoms with Crippen LogP contribution in [0.15, 0.2) is 54.6 Å². The number of benzene rings is 2. The number of nitrogens with one attached hydrogen (secondary N) is 2. The van der Waals surface area contributed by atoms with Crippen molar-refractivity contribution in [2.24, 2.45) is 0 Å². The molecule has 1 atom stereocenters. The predicted molar refractivity (Wildman–Crippen MR) is 116 cm³/mol. The maximum Gasteiger partial charge on any atom is 0.308 e. The first-order valence-electron chi connectivity index (χ1n) is 10.1. The van der Waals surface area contributed by atoms with Gasteiger partial charge in [-0.3, -0.25) is 14.4 Å². The van der Waals surface area contributed by atoms with Gasteiger partial charge in [0, 0.05) is 18.3 Å². The third kappa shape index (κ3) is 6.30. The molecule has 0 aliphatic heterocycles. The van der Waals surface area contributed by atoms with Crippen molar-refractivity contribution in [3.8, 4) is 0 Å². The van der Waals surface area contributed by atoms with E-state index in [0.29, 0.717) is 5.69 Å². The summed E-state index contributed by atoms with van der Waals surface area (Å²) in [6.07, 6.45) is 5.42. The number of aryl methyl sites for hydroxylation is 2. The fourth-order valence-corrected chi connectivity index (χ4v) is 3.29. The highest BCUT2D eigenvalue weighted by Crippen LogP contribution is 2.25. The molecule has 30 heavy (non-hydrogen) atoms. The molecule has 2 amide bonds. The zero-order valence-corrected chi connectivity index (χ0v) is 17.0. The summed E-state index contributed by atoms with van der Waals surface area (Å²) in [4.78, 5) is 36.0. The van der Waals surface area contributed by atoms with Crippen LogP contribution in [0.1, 0.15) is 36.5 Å². The van der Waals surface area contributed by atoms with E-state index in [1.54, 1.807) is 6.08 Å². The molecule has 0 spiro atoms. The Hall–Kier alpha value is -3.41. The van der Waals surface area contributed by atoms with Gasteiger partial charge in [0.2, 0.25) is 5.91 Å². The van der Waals surface area contributed by atoms with Gasteiger partial charge in [0.05, 0.1) is 6.42 Å². The number of rotatable bonds is 8. The van der Waals surface area contributed by atoms with Crippen LogP contribution in [-0.4, -0.2) is 30.4 Å². The zero-order valence-electron chi connectivity index (χ0n) is 17.0. The molecule has 0 radical (unpaired) electrons. The zero-order chi connectivity index (χ0) is 21.3. The number of anilines is 1. The van der Waals surface area contributed by atoms with Gasteiger partial charge in [-0.25, -0.2) is 0 Å². The first kappa shape index (κ1) is 21.3. The van der Waals surface area contributed by atoms with Gasteiger partial charge in [-0.15, -0.1) is 0 Å². The second kappa shape index (κ2) is 10.4. The van der Waals surface area contributed by atoms with E-state index in [1.807, 2.05) is 48.5 Å². The Morgan fingerprint density at radius 3 is 2.63 bits per heavy atom. The lowest BCUT2D eigenvalue weighted by molar-refractivity contribution is -0.153. The van der Waals surface area contributed by atoms with Crippen LogP contribution in [0.5, 0.6) is 0 Å². The third-order valence-corrected chi connectivity index (χ3v) is 4.90. The number of carbonyl (C=O) groups excluding carboxylic acids is 3. The Balaban J connectivity index is 1.37. The van der Waals surface area contributed by atoms with E-state index in [2.05, 4.69) is 10.6 Å². The molecule has 0 unspecified atom stereocenters. The molecule has 3 rings (SSSR count). The molecular formula is C24H26N2O4. The summed E-state index contributed by atoms with van der Waals surface area (Å²) in [5, 5.41) is 5.41. The summed E-state index contributed by atoms with van der Waals surface area (Å²) in [5.74, 6) is -1.22. The lowest BCUT2D eigenvalue weighted by Crippen LogP contribution is -2.31. The minimum Gasteiger partial charge on any atom is -0.452 e. The minimum absolute atomic E-state index is 0.0125. The standard InChI is InChI=1S/C24H26N2O4/c1-17(24(29)26-21-12-11-19-8-5-9-20(19)16-21)30-23(28)14-15-25-22(27)13-10-18-6-3-2-4-7-18/h2-4,6-7,10-13,16-17H,5,8-9,14-15H2,1H3,(H,25,27)(H,26,29)/b13-10+/t17-/m0/s1. The van der Waals surface area contributed by atoms with Crippen LogP contribution in [0.4, 0.5) is 5.69 Å². The summed E-state index contributed by atoms with van der Waals surface area (Å²) >= 11 is 0. The van der Waals surface area contributed by atoms with E-state index < -0.39 is 12.1 Å². The topological polar surface area (TPSA) is 84.5 Å². The van der Waals surface area contributed by atoms with Gasteiger partial charge in [0.25, 0.3) is 5.91 Å². The molecule has 2 N–H and O–H groups in total. The van der Waals surface area contributed by atoms with Crippen LogP contribution in [0.2, 0.25) is 0 Å². The largest absolute Gasteiger partial charge is 0.452 e. The quantitative estimate of drug-likeness (QED) is 0.521. The van der Waals surface area contributed by atoms with Crippen LogP contribution in [0.3, 0.4) is 0 Å². The van der Waals surface area contributed by atoms with Gasteiger partial charge >= 0.3 is 5.97 Å². The van der Waals surface area contributed by atoms with Crippen molar-refractivity contribution < 1.29 is 19.1 Å². The molecule has 6 nitrogen and oxygen atoms in total. The maximum absolute atomic E-state index is 12.3. The van der Waals surface area contributed by atoms with Crippen LogP contribution in [-0.2, 0) is 32.0 Å². The first-order chi connectivity index (χ1) is 14.5. The fourth-order valence-electron chi connectivity index (χ4n) is 3.29. The van der Waals surface area contributed by atoms with E-state index >= 15 is 0 Å². The molecular weight excluding hydrogens is 380 g/mol. The summed E-state index contributed by atoms with van der Waals surface area (Å²) in [5.41, 5.74) is 4.21. The molecule has 6 heteroatoms. The number of esters is 1. The van der Waals surface area contributed by atoms with Crippen molar-refractivity contribution in [2.45, 2.75) is 38.7 Å². The van der Waals surface area contributed by atoms with Gasteiger partial charge in [-0.1, -0.05) is 36.4 Å². The van der Waals surface area contributed by atoms with Crippen LogP contribution >= 0.6 is 0 Å². The van der Waals surface area contributed by atoms with Crippen molar-refractivity contribution in [1.82, 2.24) is 5.32 Å². The molecule has 1 aliphatic carbocycles. The number of hydrogen-bond acceptors (Lipinski definition) is 4. The van der Waals surface area contributed by atoms with E-state index in [4.69, 9.17) is 4.74 Å². The maximum atomic E-state index is 12.3. The average Bonchev–Trinajstić information content (AvgIpc) is 3.21. The fraction of sp³-hybridized carbons (Fsp3) is 0.292. The van der Waals surface area contributed by atoms with Gasteiger partial charge < -0.3 is 15.4 Å². The summed E-state index contributed by atoms with van der Waals surface area (Å²) in [7, 11) is 0. The van der Waals surface area contributed by atoms with Crippen molar-refractivity contribution in [1.29, 1.82) is 0 Å². The van der Waals surface area contributed by atoms with Crippen LogP contribution in [0, 0.1) is 0 Å². The Bertz CT molecular complexity index is 937. The molecule has 2 aromatic carbocycles. The summed E-state index contributed by atoms with van der Waals surface area (Å²) in [6.45, 7) is 1.66. The molecule has 0 bridgehead atoms. The Kier molecular flexibility index (Phi) is 7.38. The molecule has 0 aromatic heterocycles. The Morgan fingerprint density at radius 2 is 1.83 bits per heavy atom. The Labute approximate surface area is 176 Å². The Morgan fingerprint density at radius 1 is 1.07 bits per heavy atom. The predicted octanol–water partition coefficient (Wildman–Crippen LogP) is 3.27. The molecule has 0 saturated carbocycles. The second-order valence-corrected chi connectivity index (χ2v) is 7.24. The highest BCUT2D eigenvalue weighted by Gasteiger charge is 2.19. The monoisotopic (exact) mass is 406 g/mol. The molecule has 2 aromatic rings. The van der Waals surface area contributed by atoms with Crippen molar-refractivity contribution in [3.63, 3.8) is 0 Å². The van der Waals surface area contributed by atoms with Gasteiger partial charge in [0.1, 0.15) is 0 Å². The lowest BCUT2D eigenvalue weighted by atomic mass is 10.1. The van der Waals surface area contributed by atoms with Gasteiger partial charge in [-0.05, 0) is 61.1 Å². The molecule has 1 aliphatic rings. The van der Waals surface area contributed by atoms with Gasteiger partial charge in [-0.2, -0.15) is 0 Å². The van der Waals surface area contributed by atoms with E-state index in [1.165, 1.54) is 24.1 Å². The normalized spacial score (nSPS) is 13.5. The number of ether oxygens (including phenoxy) is 1. The highest BCUT2D eigenvalue weighted by atomic mass is 16.5. The highest BCUT2D eigenvalue weighted by molar-refractivity contribution is 5.95. The van der Waals surface area contributed by atoms with Crippen molar-refractivity contribution in [2.75, 3.05) is 11.9 Å². The molecule has 0 saturated heterocycles. The van der Waals surface area contributed by atoms with E-state index in [0.717, 1.165) is 24.8 Å². The number of hydrogen-bond donors (Lipinski definition) is 2. The summed E-state index contributed by atoms with van der Waals surface area (Å²) < 4.78 is 5.17. The lowest BCUT2D eigenvalue weighted by Gasteiger charge is -2.14. The van der Waals surface area contributed by atoms with Crippen LogP contribution in [0.25, 0.3) is 6.08 Å². The van der Waals surface area contributed by atoms with E-state index in [9.17, 15) is 14.4 Å². The molecule has 156 valence electrons. The average molecular weight is 406 g/mol. The number of amides is 2. The van der Waals surface area contributed by atoms with Crippen molar-refractivity contribution in [3.05, 3.63) is 71.3 Å². The first-order valence-corrected chi connectivity index (χ1v) is 10.1. The van der Waals surface area contributed by atoms with Crippen LogP contribution < -0.4 is 10.6 Å². The number of fused-ring (bicyclic) bond motifs is 1.